The number of hydrogen-bond donors (Lipinski definition) is 3. The third-order valence-electron chi connectivity index (χ3n) is 4.33. The van der Waals surface area contributed by atoms with Gasteiger partial charge in [0.05, 0.1) is 31.6 Å². The molecule has 2 atom stereocenters. The highest BCUT2D eigenvalue weighted by Crippen LogP contribution is 2.23. The van der Waals surface area contributed by atoms with E-state index in [1.807, 2.05) is 26.0 Å². The molecule has 2 N–H and O–H groups in total. The van der Waals surface area contributed by atoms with E-state index in [2.05, 4.69) is 17.9 Å². The van der Waals surface area contributed by atoms with Crippen LogP contribution in [0.2, 0.25) is 0 Å². The lowest BCUT2D eigenvalue weighted by Gasteiger charge is -2.23. The molecule has 9 heteroatoms. The summed E-state index contributed by atoms with van der Waals surface area (Å²) < 4.78 is 42.7. The molecule has 0 radical (unpaired) electrons. The maximum atomic E-state index is 13.6. The molecule has 0 saturated carbocycles. The van der Waals surface area contributed by atoms with Crippen molar-refractivity contribution in [2.75, 3.05) is 19.0 Å². The average molecular weight is 456 g/mol. The molecule has 0 aliphatic heterocycles. The van der Waals surface area contributed by atoms with Crippen LogP contribution < -0.4 is 10.1 Å². The number of nitrogens with one attached hydrogen (secondary N) is 1. The van der Waals surface area contributed by atoms with E-state index < -0.39 is 29.3 Å². The largest absolute Gasteiger partial charge is 0.496 e. The van der Waals surface area contributed by atoms with Crippen LogP contribution in [0.25, 0.3) is 0 Å². The lowest BCUT2D eigenvalue weighted by Crippen LogP contribution is -2.29. The van der Waals surface area contributed by atoms with Gasteiger partial charge in [-0.25, -0.2) is 13.6 Å². The Kier molecular flexibility index (Phi) is 9.54. The summed E-state index contributed by atoms with van der Waals surface area (Å²) in [7, 11) is 1.53. The number of rotatable bonds is 10. The molecule has 0 spiro atoms. The van der Waals surface area contributed by atoms with Crippen molar-refractivity contribution in [1.82, 2.24) is 0 Å². The second kappa shape index (κ2) is 11.9. The van der Waals surface area contributed by atoms with Crippen LogP contribution in [-0.4, -0.2) is 42.6 Å². The van der Waals surface area contributed by atoms with E-state index in [1.165, 1.54) is 7.11 Å². The zero-order valence-electron chi connectivity index (χ0n) is 17.6. The number of carbonyl (C=O) groups is 1. The van der Waals surface area contributed by atoms with E-state index in [1.54, 1.807) is 6.07 Å². The second-order valence-electron chi connectivity index (χ2n) is 7.12. The van der Waals surface area contributed by atoms with Gasteiger partial charge in [0.15, 0.2) is 0 Å². The highest BCUT2D eigenvalue weighted by atomic mass is 32.1. The van der Waals surface area contributed by atoms with E-state index in [4.69, 9.17) is 14.2 Å². The fourth-order valence-electron chi connectivity index (χ4n) is 2.95. The smallest absolute Gasteiger partial charge is 0.411 e. The molecule has 2 rings (SSSR count). The summed E-state index contributed by atoms with van der Waals surface area (Å²) in [5.41, 5.74) is 0.574. The molecule has 2 aromatic rings. The monoisotopic (exact) mass is 455 g/mol. The maximum Gasteiger partial charge on any atom is 0.411 e. The third kappa shape index (κ3) is 8.01. The molecular weight excluding hydrogens is 428 g/mol. The number of halogens is 2. The molecule has 0 aliphatic rings. The van der Waals surface area contributed by atoms with Gasteiger partial charge in [0.25, 0.3) is 0 Å². The number of amides is 1. The van der Waals surface area contributed by atoms with E-state index >= 15 is 0 Å². The SMILES string of the molecule is COc1ccc(CC(OC(C)C)C(O)S)cc1CCOC(=O)Nc1ccc(F)cc1F. The number of benzene rings is 2. The lowest BCUT2D eigenvalue weighted by atomic mass is 10.0. The van der Waals surface area contributed by atoms with Gasteiger partial charge in [-0.05, 0) is 43.2 Å². The summed E-state index contributed by atoms with van der Waals surface area (Å²) in [5, 5.41) is 12.1. The van der Waals surface area contributed by atoms with Crippen molar-refractivity contribution in [3.63, 3.8) is 0 Å². The summed E-state index contributed by atoms with van der Waals surface area (Å²) in [6.07, 6.45) is -0.635. The number of ether oxygens (including phenoxy) is 3. The molecular formula is C22H27F2NO5S. The summed E-state index contributed by atoms with van der Waals surface area (Å²) in [6.45, 7) is 3.77. The van der Waals surface area contributed by atoms with Gasteiger partial charge >= 0.3 is 6.09 Å². The predicted molar refractivity (Wildman–Crippen MR) is 117 cm³/mol. The Morgan fingerprint density at radius 3 is 2.55 bits per heavy atom. The third-order valence-corrected chi connectivity index (χ3v) is 4.67. The van der Waals surface area contributed by atoms with Crippen molar-refractivity contribution in [3.05, 3.63) is 59.2 Å². The van der Waals surface area contributed by atoms with Crippen LogP contribution in [0.5, 0.6) is 5.75 Å². The maximum absolute atomic E-state index is 13.6. The Balaban J connectivity index is 1.98. The Morgan fingerprint density at radius 1 is 1.19 bits per heavy atom. The fourth-order valence-corrected chi connectivity index (χ4v) is 3.13. The van der Waals surface area contributed by atoms with E-state index in [0.29, 0.717) is 24.7 Å². The van der Waals surface area contributed by atoms with Crippen LogP contribution in [0, 0.1) is 11.6 Å². The van der Waals surface area contributed by atoms with Crippen LogP contribution in [0.1, 0.15) is 25.0 Å². The molecule has 0 bridgehead atoms. The van der Waals surface area contributed by atoms with Gasteiger partial charge in [0.1, 0.15) is 22.8 Å². The molecule has 6 nitrogen and oxygen atoms in total. The molecule has 2 aromatic carbocycles. The standard InChI is InChI=1S/C22H27F2NO5S/c1-13(2)30-20(21(26)31)11-14-4-7-19(28-3)15(10-14)8-9-29-22(27)25-18-6-5-16(23)12-17(18)24/h4-7,10,12-13,20-21,26,31H,8-9,11H2,1-3H3,(H,25,27). The van der Waals surface area contributed by atoms with E-state index in [9.17, 15) is 18.7 Å². The highest BCUT2D eigenvalue weighted by Gasteiger charge is 2.19. The first-order valence-corrected chi connectivity index (χ1v) is 10.3. The fraction of sp³-hybridized carbons (Fsp3) is 0.409. The molecule has 0 fully saturated rings. The predicted octanol–water partition coefficient (Wildman–Crippen LogP) is 4.35. The normalized spacial score (nSPS) is 13.0. The molecule has 170 valence electrons. The quantitative estimate of drug-likeness (QED) is 0.367. The van der Waals surface area contributed by atoms with Gasteiger partial charge in [-0.3, -0.25) is 5.32 Å². The number of aliphatic hydroxyl groups is 1. The average Bonchev–Trinajstić information content (AvgIpc) is 2.69. The summed E-state index contributed by atoms with van der Waals surface area (Å²) in [6, 6.07) is 8.35. The number of methoxy groups -OCH3 is 1. The lowest BCUT2D eigenvalue weighted by molar-refractivity contribution is -0.0334. The first kappa shape index (κ1) is 24.9. The number of aliphatic hydroxyl groups excluding tert-OH is 1. The first-order chi connectivity index (χ1) is 14.7. The minimum absolute atomic E-state index is 0.00950. The number of thiol groups is 1. The Labute approximate surface area is 185 Å². The van der Waals surface area contributed by atoms with Crippen molar-refractivity contribution in [1.29, 1.82) is 0 Å². The number of hydrogen-bond acceptors (Lipinski definition) is 6. The van der Waals surface area contributed by atoms with Crippen molar-refractivity contribution in [3.8, 4) is 5.75 Å². The summed E-state index contributed by atoms with van der Waals surface area (Å²) in [4.78, 5) is 11.9. The molecule has 0 aromatic heterocycles. The second-order valence-corrected chi connectivity index (χ2v) is 7.65. The van der Waals surface area contributed by atoms with Crippen LogP contribution in [0.3, 0.4) is 0 Å². The molecule has 0 heterocycles. The van der Waals surface area contributed by atoms with Crippen LogP contribution in [0.15, 0.2) is 36.4 Å². The van der Waals surface area contributed by atoms with Crippen LogP contribution in [0.4, 0.5) is 19.3 Å². The van der Waals surface area contributed by atoms with Crippen LogP contribution in [-0.2, 0) is 22.3 Å². The summed E-state index contributed by atoms with van der Waals surface area (Å²) >= 11 is 4.09. The molecule has 2 unspecified atom stereocenters. The van der Waals surface area contributed by atoms with E-state index in [0.717, 1.165) is 23.3 Å². The number of carbonyl (C=O) groups excluding carboxylic acids is 1. The highest BCUT2D eigenvalue weighted by molar-refractivity contribution is 7.80. The Bertz CT molecular complexity index is 879. The van der Waals surface area contributed by atoms with E-state index in [-0.39, 0.29) is 18.4 Å². The first-order valence-electron chi connectivity index (χ1n) is 9.75. The molecule has 0 saturated heterocycles. The summed E-state index contributed by atoms with van der Waals surface area (Å²) in [5.74, 6) is -1.02. The topological polar surface area (TPSA) is 77.0 Å². The molecule has 0 aliphatic carbocycles. The van der Waals surface area contributed by atoms with Crippen molar-refractivity contribution < 1.29 is 32.9 Å². The molecule has 1 amide bonds. The van der Waals surface area contributed by atoms with Gasteiger partial charge in [-0.2, -0.15) is 0 Å². The van der Waals surface area contributed by atoms with Crippen LogP contribution >= 0.6 is 12.6 Å². The van der Waals surface area contributed by atoms with Gasteiger partial charge in [-0.1, -0.05) is 12.1 Å². The molecule has 31 heavy (non-hydrogen) atoms. The Hall–Kier alpha value is -2.36. The zero-order valence-corrected chi connectivity index (χ0v) is 18.5. The van der Waals surface area contributed by atoms with Crippen molar-refractivity contribution >= 4 is 24.4 Å². The van der Waals surface area contributed by atoms with Gasteiger partial charge < -0.3 is 19.3 Å². The minimum atomic E-state index is -0.938. The van der Waals surface area contributed by atoms with Gasteiger partial charge in [0, 0.05) is 18.9 Å². The minimum Gasteiger partial charge on any atom is -0.496 e. The van der Waals surface area contributed by atoms with Crippen molar-refractivity contribution in [2.24, 2.45) is 0 Å². The van der Waals surface area contributed by atoms with Gasteiger partial charge in [0.2, 0.25) is 0 Å². The zero-order chi connectivity index (χ0) is 23.0. The van der Waals surface area contributed by atoms with Gasteiger partial charge in [-0.15, -0.1) is 12.6 Å². The Morgan fingerprint density at radius 2 is 1.94 bits per heavy atom. The van der Waals surface area contributed by atoms with Crippen molar-refractivity contribution in [2.45, 2.75) is 44.3 Å². The number of anilines is 1.